The summed E-state index contributed by atoms with van der Waals surface area (Å²) in [6.45, 7) is 2.24. The van der Waals surface area contributed by atoms with E-state index in [9.17, 15) is 17.6 Å². The summed E-state index contributed by atoms with van der Waals surface area (Å²) in [6, 6.07) is 12.0. The maximum absolute atomic E-state index is 15.0. The van der Waals surface area contributed by atoms with Crippen LogP contribution in [0.5, 0.6) is 5.75 Å². The van der Waals surface area contributed by atoms with Gasteiger partial charge in [-0.2, -0.15) is 0 Å². The first kappa shape index (κ1) is 26.4. The SMILES string of the molecule is CCCCCC1CCC(CCc2ccc(-c3ccc4c(F)c(OC(F)(F)F)ccc4c3)c(F)c2)CC1. The molecule has 0 aliphatic heterocycles. The van der Waals surface area contributed by atoms with Crippen molar-refractivity contribution in [2.24, 2.45) is 11.8 Å². The van der Waals surface area contributed by atoms with Crippen LogP contribution in [0, 0.1) is 23.5 Å². The van der Waals surface area contributed by atoms with Crippen molar-refractivity contribution < 1.29 is 26.7 Å². The summed E-state index contributed by atoms with van der Waals surface area (Å²) < 4.78 is 70.7. The normalized spacial score (nSPS) is 18.5. The third kappa shape index (κ3) is 6.77. The fraction of sp³-hybridized carbons (Fsp3) is 0.467. The monoisotopic (exact) mass is 504 g/mol. The van der Waals surface area contributed by atoms with E-state index in [1.165, 1.54) is 69.6 Å². The van der Waals surface area contributed by atoms with Crippen LogP contribution in [-0.2, 0) is 6.42 Å². The molecule has 0 N–H and O–H groups in total. The molecule has 4 rings (SSSR count). The minimum absolute atomic E-state index is 0.0161. The predicted molar refractivity (Wildman–Crippen MR) is 134 cm³/mol. The number of ether oxygens (including phenoxy) is 1. The van der Waals surface area contributed by atoms with E-state index >= 15 is 4.39 Å². The van der Waals surface area contributed by atoms with Gasteiger partial charge in [0.1, 0.15) is 5.82 Å². The van der Waals surface area contributed by atoms with Crippen LogP contribution in [-0.4, -0.2) is 6.36 Å². The van der Waals surface area contributed by atoms with E-state index in [1.54, 1.807) is 18.2 Å². The van der Waals surface area contributed by atoms with Crippen LogP contribution in [0.25, 0.3) is 21.9 Å². The molecular weight excluding hydrogens is 471 g/mol. The number of halogens is 5. The van der Waals surface area contributed by atoms with Crippen LogP contribution >= 0.6 is 0 Å². The zero-order valence-corrected chi connectivity index (χ0v) is 20.6. The van der Waals surface area contributed by atoms with E-state index < -0.39 is 17.9 Å². The molecule has 1 nitrogen and oxygen atoms in total. The summed E-state index contributed by atoms with van der Waals surface area (Å²) in [6.07, 6.45) is 7.39. The van der Waals surface area contributed by atoms with E-state index in [1.807, 2.05) is 6.07 Å². The number of fused-ring (bicyclic) bond motifs is 1. The molecule has 0 atom stereocenters. The number of rotatable bonds is 9. The fourth-order valence-corrected chi connectivity index (χ4v) is 5.45. The zero-order valence-electron chi connectivity index (χ0n) is 20.6. The highest BCUT2D eigenvalue weighted by molar-refractivity contribution is 5.89. The van der Waals surface area contributed by atoms with Gasteiger partial charge < -0.3 is 4.74 Å². The molecule has 1 aliphatic carbocycles. The average molecular weight is 505 g/mol. The van der Waals surface area contributed by atoms with E-state index in [4.69, 9.17) is 0 Å². The Morgan fingerprint density at radius 2 is 1.56 bits per heavy atom. The van der Waals surface area contributed by atoms with Crippen molar-refractivity contribution in [2.75, 3.05) is 0 Å². The Labute approximate surface area is 209 Å². The number of hydrogen-bond donors (Lipinski definition) is 0. The van der Waals surface area contributed by atoms with E-state index in [2.05, 4.69) is 11.7 Å². The van der Waals surface area contributed by atoms with E-state index in [0.29, 0.717) is 22.4 Å². The molecule has 194 valence electrons. The first-order valence-electron chi connectivity index (χ1n) is 13.0. The number of benzene rings is 3. The van der Waals surface area contributed by atoms with Gasteiger partial charge in [0.15, 0.2) is 11.6 Å². The smallest absolute Gasteiger partial charge is 0.403 e. The second-order valence-electron chi connectivity index (χ2n) is 10.1. The van der Waals surface area contributed by atoms with Gasteiger partial charge in [0, 0.05) is 10.9 Å². The number of aryl methyl sites for hydroxylation is 1. The molecule has 1 aliphatic rings. The maximum Gasteiger partial charge on any atom is 0.573 e. The molecule has 0 radical (unpaired) electrons. The minimum Gasteiger partial charge on any atom is -0.403 e. The van der Waals surface area contributed by atoms with Gasteiger partial charge >= 0.3 is 6.36 Å². The topological polar surface area (TPSA) is 9.23 Å². The largest absolute Gasteiger partial charge is 0.573 e. The lowest BCUT2D eigenvalue weighted by molar-refractivity contribution is -0.275. The Morgan fingerprint density at radius 3 is 2.22 bits per heavy atom. The van der Waals surface area contributed by atoms with Crippen LogP contribution in [0.4, 0.5) is 22.0 Å². The Balaban J connectivity index is 1.38. The van der Waals surface area contributed by atoms with Crippen molar-refractivity contribution in [3.05, 3.63) is 65.7 Å². The number of hydrogen-bond acceptors (Lipinski definition) is 1. The molecule has 0 bridgehead atoms. The fourth-order valence-electron chi connectivity index (χ4n) is 5.45. The molecule has 1 fully saturated rings. The third-order valence-corrected chi connectivity index (χ3v) is 7.51. The third-order valence-electron chi connectivity index (χ3n) is 7.51. The predicted octanol–water partition coefficient (Wildman–Crippen LogP) is 10.0. The second-order valence-corrected chi connectivity index (χ2v) is 10.1. The van der Waals surface area contributed by atoms with Crippen LogP contribution in [0.2, 0.25) is 0 Å². The van der Waals surface area contributed by atoms with Crippen molar-refractivity contribution >= 4 is 10.8 Å². The van der Waals surface area contributed by atoms with Gasteiger partial charge in [-0.15, -0.1) is 13.2 Å². The van der Waals surface area contributed by atoms with Gasteiger partial charge in [0.2, 0.25) is 0 Å². The van der Waals surface area contributed by atoms with E-state index in [-0.39, 0.29) is 11.2 Å². The lowest BCUT2D eigenvalue weighted by Gasteiger charge is -2.28. The zero-order chi connectivity index (χ0) is 25.7. The standard InChI is InChI=1S/C30H33F5O/c1-2-3-4-5-20-6-8-21(9-7-20)10-11-22-12-15-25(27(31)18-22)23-13-16-26-24(19-23)14-17-28(29(26)32)36-30(33,34)35/h12-21H,2-11H2,1H3. The van der Waals surface area contributed by atoms with Crippen molar-refractivity contribution in [3.8, 4) is 16.9 Å². The van der Waals surface area contributed by atoms with Gasteiger partial charge in [-0.25, -0.2) is 8.78 Å². The molecule has 0 aromatic heterocycles. The van der Waals surface area contributed by atoms with Crippen molar-refractivity contribution in [3.63, 3.8) is 0 Å². The molecule has 0 amide bonds. The highest BCUT2D eigenvalue weighted by Crippen LogP contribution is 2.36. The summed E-state index contributed by atoms with van der Waals surface area (Å²) in [5.74, 6) is -0.755. The lowest BCUT2D eigenvalue weighted by atomic mass is 9.78. The van der Waals surface area contributed by atoms with Gasteiger partial charge in [0.25, 0.3) is 0 Å². The molecular formula is C30H33F5O. The molecule has 36 heavy (non-hydrogen) atoms. The molecule has 3 aromatic carbocycles. The lowest BCUT2D eigenvalue weighted by Crippen LogP contribution is -2.17. The molecule has 1 saturated carbocycles. The van der Waals surface area contributed by atoms with Crippen LogP contribution < -0.4 is 4.74 Å². The highest BCUT2D eigenvalue weighted by Gasteiger charge is 2.32. The summed E-state index contributed by atoms with van der Waals surface area (Å²) in [4.78, 5) is 0. The first-order valence-corrected chi connectivity index (χ1v) is 13.0. The second kappa shape index (κ2) is 11.6. The highest BCUT2D eigenvalue weighted by atomic mass is 19.4. The van der Waals surface area contributed by atoms with Gasteiger partial charge in [0.05, 0.1) is 0 Å². The van der Waals surface area contributed by atoms with Crippen LogP contribution in [0.1, 0.15) is 70.3 Å². The summed E-state index contributed by atoms with van der Waals surface area (Å²) >= 11 is 0. The van der Waals surface area contributed by atoms with Gasteiger partial charge in [-0.05, 0) is 59.4 Å². The summed E-state index contributed by atoms with van der Waals surface area (Å²) in [7, 11) is 0. The van der Waals surface area contributed by atoms with Gasteiger partial charge in [-0.1, -0.05) is 88.6 Å². The van der Waals surface area contributed by atoms with Crippen molar-refractivity contribution in [2.45, 2.75) is 77.5 Å². The number of alkyl halides is 3. The Hall–Kier alpha value is -2.63. The van der Waals surface area contributed by atoms with Gasteiger partial charge in [-0.3, -0.25) is 0 Å². The Kier molecular flexibility index (Phi) is 8.53. The van der Waals surface area contributed by atoms with Crippen LogP contribution in [0.15, 0.2) is 48.5 Å². The van der Waals surface area contributed by atoms with Crippen molar-refractivity contribution in [1.29, 1.82) is 0 Å². The summed E-state index contributed by atoms with van der Waals surface area (Å²) in [5, 5.41) is 0.353. The summed E-state index contributed by atoms with van der Waals surface area (Å²) in [5.41, 5.74) is 1.88. The van der Waals surface area contributed by atoms with Crippen LogP contribution in [0.3, 0.4) is 0 Å². The number of unbranched alkanes of at least 4 members (excludes halogenated alkanes) is 2. The first-order chi connectivity index (χ1) is 17.2. The minimum atomic E-state index is -4.98. The Morgan fingerprint density at radius 1 is 0.833 bits per heavy atom. The molecule has 3 aromatic rings. The van der Waals surface area contributed by atoms with Crippen molar-refractivity contribution in [1.82, 2.24) is 0 Å². The Bertz CT molecular complexity index is 1160. The molecule has 0 spiro atoms. The quantitative estimate of drug-likeness (QED) is 0.208. The molecule has 0 saturated heterocycles. The maximum atomic E-state index is 15.0. The molecule has 0 unspecified atom stereocenters. The van der Waals surface area contributed by atoms with E-state index in [0.717, 1.165) is 30.4 Å². The molecule has 0 heterocycles. The molecule has 6 heteroatoms. The average Bonchev–Trinajstić information content (AvgIpc) is 2.84.